The Hall–Kier alpha value is -2.03. The molecule has 186 valence electrons. The topological polar surface area (TPSA) is 42.3 Å². The molecule has 1 aliphatic rings. The molecule has 1 aromatic rings. The lowest BCUT2D eigenvalue weighted by atomic mass is 9.74. The third-order valence-corrected chi connectivity index (χ3v) is 6.05. The summed E-state index contributed by atoms with van der Waals surface area (Å²) in [6, 6.07) is 2.09. The van der Waals surface area contributed by atoms with E-state index in [0.29, 0.717) is 23.4 Å². The second-order valence-electron chi connectivity index (χ2n) is 10.0. The Morgan fingerprint density at radius 2 is 1.76 bits per heavy atom. The summed E-state index contributed by atoms with van der Waals surface area (Å²) in [5.41, 5.74) is 2.29. The maximum Gasteiger partial charge on any atom is 0.181 e. The molecule has 1 aromatic heterocycles. The van der Waals surface area contributed by atoms with Crippen LogP contribution in [-0.2, 0) is 0 Å². The average molecular weight is 455 g/mol. The van der Waals surface area contributed by atoms with Gasteiger partial charge in [0.2, 0.25) is 0 Å². The molecule has 1 aliphatic carbocycles. The number of hydrogen-bond acceptors (Lipinski definition) is 3. The van der Waals surface area contributed by atoms with E-state index in [2.05, 4.69) is 50.7 Å². The zero-order chi connectivity index (χ0) is 25.4. The van der Waals surface area contributed by atoms with E-state index in [9.17, 15) is 4.79 Å². The summed E-state index contributed by atoms with van der Waals surface area (Å²) in [4.78, 5) is 20.5. The van der Waals surface area contributed by atoms with E-state index >= 15 is 0 Å². The molecule has 2 rings (SSSR count). The van der Waals surface area contributed by atoms with Crippen molar-refractivity contribution in [2.45, 2.75) is 114 Å². The molecule has 1 fully saturated rings. The lowest BCUT2D eigenvalue weighted by molar-refractivity contribution is 0.0975. The van der Waals surface area contributed by atoms with Gasteiger partial charge in [-0.2, -0.15) is 0 Å². The number of allylic oxidation sites excluding steroid dienone is 1. The van der Waals surface area contributed by atoms with Gasteiger partial charge in [-0.3, -0.25) is 9.79 Å². The van der Waals surface area contributed by atoms with Gasteiger partial charge in [0, 0.05) is 29.7 Å². The predicted molar refractivity (Wildman–Crippen MR) is 147 cm³/mol. The Bertz CT molecular complexity index is 855. The minimum atomic E-state index is 0.149. The van der Waals surface area contributed by atoms with Crippen molar-refractivity contribution >= 4 is 24.1 Å². The van der Waals surface area contributed by atoms with Crippen LogP contribution in [0.2, 0.25) is 0 Å². The molecule has 3 heteroatoms. The van der Waals surface area contributed by atoms with Crippen LogP contribution in [0.15, 0.2) is 23.3 Å². The van der Waals surface area contributed by atoms with Crippen molar-refractivity contribution in [3.63, 3.8) is 0 Å². The van der Waals surface area contributed by atoms with E-state index in [1.54, 1.807) is 12.4 Å². The van der Waals surface area contributed by atoms with Crippen LogP contribution in [0.1, 0.15) is 130 Å². The molecule has 1 heterocycles. The third kappa shape index (κ3) is 12.1. The van der Waals surface area contributed by atoms with Crippen LogP contribution in [0.3, 0.4) is 0 Å². The number of ketones is 1. The van der Waals surface area contributed by atoms with Crippen LogP contribution in [-0.4, -0.2) is 17.0 Å². The molecule has 3 nitrogen and oxygen atoms in total. The molecule has 1 saturated carbocycles. The third-order valence-electron chi connectivity index (χ3n) is 6.05. The normalized spacial score (nSPS) is 17.2. The highest BCUT2D eigenvalue weighted by Crippen LogP contribution is 2.37. The maximum absolute atomic E-state index is 12.2. The van der Waals surface area contributed by atoms with Gasteiger partial charge in [-0.1, -0.05) is 72.6 Å². The lowest BCUT2D eigenvalue weighted by Gasteiger charge is -2.32. The highest BCUT2D eigenvalue weighted by Gasteiger charge is 2.24. The van der Waals surface area contributed by atoms with Crippen LogP contribution in [0, 0.1) is 11.3 Å². The van der Waals surface area contributed by atoms with Crippen LogP contribution in [0.25, 0.3) is 12.2 Å². The molecule has 0 aromatic carbocycles. The zero-order valence-corrected chi connectivity index (χ0v) is 23.2. The van der Waals surface area contributed by atoms with Crippen LogP contribution >= 0.6 is 0 Å². The molecule has 0 atom stereocenters. The Morgan fingerprint density at radius 1 is 1.15 bits per heavy atom. The lowest BCUT2D eigenvalue weighted by Crippen LogP contribution is -2.33. The van der Waals surface area contributed by atoms with E-state index in [1.165, 1.54) is 25.7 Å². The van der Waals surface area contributed by atoms with Gasteiger partial charge in [0.05, 0.1) is 0 Å². The number of carbonyl (C=O) groups is 1. The first-order valence-electron chi connectivity index (χ1n) is 12.8. The molecule has 0 bridgehead atoms. The van der Waals surface area contributed by atoms with Crippen molar-refractivity contribution in [2.75, 3.05) is 0 Å². The highest BCUT2D eigenvalue weighted by molar-refractivity contribution is 5.94. The van der Waals surface area contributed by atoms with Gasteiger partial charge in [0.25, 0.3) is 0 Å². The van der Waals surface area contributed by atoms with E-state index in [0.717, 1.165) is 28.5 Å². The quantitative estimate of drug-likeness (QED) is 0.339. The zero-order valence-electron chi connectivity index (χ0n) is 23.2. The Morgan fingerprint density at radius 3 is 2.12 bits per heavy atom. The van der Waals surface area contributed by atoms with E-state index in [1.807, 2.05) is 52.8 Å². The van der Waals surface area contributed by atoms with Crippen LogP contribution in [0.5, 0.6) is 0 Å². The Labute approximate surface area is 204 Å². The largest absolute Gasteiger partial charge is 0.292 e. The van der Waals surface area contributed by atoms with Gasteiger partial charge < -0.3 is 0 Å². The van der Waals surface area contributed by atoms with Crippen molar-refractivity contribution in [1.82, 2.24) is 4.98 Å². The minimum Gasteiger partial charge on any atom is -0.292 e. The average Bonchev–Trinajstić information content (AvgIpc) is 2.79. The summed E-state index contributed by atoms with van der Waals surface area (Å²) in [6.07, 6.45) is 16.6. The number of rotatable bonds is 5. The van der Waals surface area contributed by atoms with Crippen LogP contribution < -0.4 is 10.4 Å². The summed E-state index contributed by atoms with van der Waals surface area (Å²) >= 11 is 0. The first-order valence-corrected chi connectivity index (χ1v) is 12.8. The second-order valence-corrected chi connectivity index (χ2v) is 10.0. The number of Topliss-reactive ketones (excluding diaryl/α,β-unsaturated/α-hetero) is 1. The van der Waals surface area contributed by atoms with Gasteiger partial charge in [-0.05, 0) is 75.5 Å². The van der Waals surface area contributed by atoms with E-state index in [4.69, 9.17) is 0 Å². The molecule has 0 radical (unpaired) electrons. The molecule has 0 N–H and O–H groups in total. The van der Waals surface area contributed by atoms with Gasteiger partial charge in [-0.15, -0.1) is 0 Å². The minimum absolute atomic E-state index is 0.149. The van der Waals surface area contributed by atoms with Gasteiger partial charge in [0.15, 0.2) is 5.78 Å². The fraction of sp³-hybridized carbons (Fsp3) is 0.633. The van der Waals surface area contributed by atoms with Crippen molar-refractivity contribution in [2.24, 2.45) is 16.3 Å². The van der Waals surface area contributed by atoms with Gasteiger partial charge in [-0.25, -0.2) is 4.98 Å². The summed E-state index contributed by atoms with van der Waals surface area (Å²) in [5.74, 6) is 1.48. The second kappa shape index (κ2) is 16.6. The monoisotopic (exact) mass is 454 g/mol. The standard InChI is InChI=1S/C16H23NO.C9H18.C5H9N/c1-6-9-15(18)16-13(8-3)12(7-2)10-14(17-16)11(4)5;1-8-4-6-9(2,3)7-5-8;1-3-5-6-4-2/h7-8,10-11H,6,9H2,1-5H3;8H,4-7H2,1-3H3;3-5H,1-2H3/b12-7-,13-8+;;5-3-,6-4?. The smallest absolute Gasteiger partial charge is 0.181 e. The fourth-order valence-electron chi connectivity index (χ4n) is 3.71. The number of nitrogens with zero attached hydrogens (tertiary/aromatic N) is 2. The summed E-state index contributed by atoms with van der Waals surface area (Å²) in [7, 11) is 0. The molecular weight excluding hydrogens is 404 g/mol. The van der Waals surface area contributed by atoms with E-state index < -0.39 is 0 Å². The Balaban J connectivity index is 0.000000563. The first kappa shape index (κ1) is 31.0. The number of aliphatic imine (C=N–C) groups is 1. The number of carbonyl (C=O) groups excluding carboxylic acids is 1. The number of aromatic nitrogens is 1. The van der Waals surface area contributed by atoms with Gasteiger partial charge in [0.1, 0.15) is 5.69 Å². The fourth-order valence-corrected chi connectivity index (χ4v) is 3.71. The molecule has 0 saturated heterocycles. The number of hydrogen-bond donors (Lipinski definition) is 0. The summed E-state index contributed by atoms with van der Waals surface area (Å²) in [6.45, 7) is 21.2. The van der Waals surface area contributed by atoms with Crippen molar-refractivity contribution < 1.29 is 4.79 Å². The predicted octanol–water partition coefficient (Wildman–Crippen LogP) is 7.62. The molecule has 33 heavy (non-hydrogen) atoms. The van der Waals surface area contributed by atoms with Crippen molar-refractivity contribution in [3.8, 4) is 0 Å². The first-order chi connectivity index (χ1) is 15.6. The molecule has 0 unspecified atom stereocenters. The summed E-state index contributed by atoms with van der Waals surface area (Å²) < 4.78 is 0. The molecular formula is C30H50N2O. The number of pyridine rings is 1. The van der Waals surface area contributed by atoms with Gasteiger partial charge >= 0.3 is 0 Å². The summed E-state index contributed by atoms with van der Waals surface area (Å²) in [5, 5.41) is 2.08. The Kier molecular flexibility index (Phi) is 15.5. The van der Waals surface area contributed by atoms with E-state index in [-0.39, 0.29) is 5.78 Å². The molecule has 0 aliphatic heterocycles. The maximum atomic E-state index is 12.2. The van der Waals surface area contributed by atoms with Crippen molar-refractivity contribution in [3.05, 3.63) is 40.2 Å². The highest BCUT2D eigenvalue weighted by atomic mass is 16.1. The van der Waals surface area contributed by atoms with Crippen LogP contribution in [0.4, 0.5) is 0 Å². The molecule has 0 amide bonds. The van der Waals surface area contributed by atoms with Crippen molar-refractivity contribution in [1.29, 1.82) is 0 Å². The molecule has 0 spiro atoms. The SMILES string of the molecule is C/C=c1/cc(C(C)C)nc(C(=O)CCC)/c1=C/C.CC1CCC(C)(C)CC1.CC=N/C=C\C.